The highest BCUT2D eigenvalue weighted by Gasteiger charge is 2.23. The molecule has 2 unspecified atom stereocenters. The fraction of sp³-hybridized carbons (Fsp3) is 0.923. The normalized spacial score (nSPS) is 13.2. The van der Waals surface area contributed by atoms with Gasteiger partial charge in [-0.25, -0.2) is 0 Å². The molecule has 0 heterocycles. The molecule has 4 heteroatoms. The Labute approximate surface area is 186 Å². The maximum Gasteiger partial charge on any atom is 0.306 e. The zero-order valence-electron chi connectivity index (χ0n) is 20.3. The van der Waals surface area contributed by atoms with Crippen LogP contribution in [0, 0.1) is 5.92 Å². The van der Waals surface area contributed by atoms with Crippen molar-refractivity contribution in [2.45, 2.75) is 149 Å². The first-order chi connectivity index (χ1) is 14.5. The largest absolute Gasteiger partial charge is 0.481 e. The average molecular weight is 427 g/mol. The van der Waals surface area contributed by atoms with Gasteiger partial charge in [-0.3, -0.25) is 9.59 Å². The molecule has 0 amide bonds. The predicted molar refractivity (Wildman–Crippen MR) is 126 cm³/mol. The van der Waals surface area contributed by atoms with Gasteiger partial charge < -0.3 is 9.84 Å². The van der Waals surface area contributed by atoms with Crippen molar-refractivity contribution in [2.24, 2.45) is 5.92 Å². The third kappa shape index (κ3) is 17.8. The Morgan fingerprint density at radius 1 is 0.667 bits per heavy atom. The molecule has 30 heavy (non-hydrogen) atoms. The molecule has 4 nitrogen and oxygen atoms in total. The predicted octanol–water partition coefficient (Wildman–Crippen LogP) is 8.07. The minimum absolute atomic E-state index is 0.0215. The van der Waals surface area contributed by atoms with Crippen molar-refractivity contribution in [1.29, 1.82) is 0 Å². The standard InChI is InChI=1S/C26H50O4/c1-4-7-9-10-13-16-20-24(23(6-3)19-8-5-2)30-26(29)22-18-15-12-11-14-17-21-25(27)28/h23-24H,4-22H2,1-3H3,(H,27,28). The van der Waals surface area contributed by atoms with Crippen LogP contribution in [-0.4, -0.2) is 23.1 Å². The number of carboxylic acid groups (broad SMARTS) is 1. The molecule has 2 atom stereocenters. The average Bonchev–Trinajstić information content (AvgIpc) is 2.72. The number of hydrogen-bond donors (Lipinski definition) is 1. The van der Waals surface area contributed by atoms with Gasteiger partial charge in [0.2, 0.25) is 0 Å². The molecule has 0 fully saturated rings. The summed E-state index contributed by atoms with van der Waals surface area (Å²) < 4.78 is 6.00. The number of hydrogen-bond acceptors (Lipinski definition) is 3. The van der Waals surface area contributed by atoms with E-state index < -0.39 is 5.97 Å². The molecule has 1 N–H and O–H groups in total. The Hall–Kier alpha value is -1.06. The molecule has 0 aliphatic heterocycles. The third-order valence-electron chi connectivity index (χ3n) is 6.13. The van der Waals surface area contributed by atoms with E-state index in [0.717, 1.165) is 57.8 Å². The molecular weight excluding hydrogens is 376 g/mol. The van der Waals surface area contributed by atoms with Crippen LogP contribution in [0.2, 0.25) is 0 Å². The van der Waals surface area contributed by atoms with E-state index in [0.29, 0.717) is 12.3 Å². The second-order valence-corrected chi connectivity index (χ2v) is 8.91. The van der Waals surface area contributed by atoms with Crippen molar-refractivity contribution >= 4 is 11.9 Å². The second kappa shape index (κ2) is 21.2. The Morgan fingerprint density at radius 3 is 1.77 bits per heavy atom. The number of carboxylic acids is 1. The van der Waals surface area contributed by atoms with Gasteiger partial charge in [0.25, 0.3) is 0 Å². The molecule has 0 radical (unpaired) electrons. The van der Waals surface area contributed by atoms with Gasteiger partial charge in [-0.2, -0.15) is 0 Å². The lowest BCUT2D eigenvalue weighted by atomic mass is 9.90. The van der Waals surface area contributed by atoms with Crippen molar-refractivity contribution in [2.75, 3.05) is 0 Å². The first-order valence-electron chi connectivity index (χ1n) is 13.0. The fourth-order valence-corrected chi connectivity index (χ4v) is 4.12. The Kier molecular flexibility index (Phi) is 20.4. The first kappa shape index (κ1) is 28.9. The molecule has 0 aliphatic carbocycles. The molecule has 0 rings (SSSR count). The summed E-state index contributed by atoms with van der Waals surface area (Å²) >= 11 is 0. The van der Waals surface area contributed by atoms with Crippen molar-refractivity contribution in [3.05, 3.63) is 0 Å². The van der Waals surface area contributed by atoms with Crippen LogP contribution >= 0.6 is 0 Å². The molecular formula is C26H50O4. The summed E-state index contributed by atoms with van der Waals surface area (Å²) in [6, 6.07) is 0. The van der Waals surface area contributed by atoms with Gasteiger partial charge in [0.15, 0.2) is 0 Å². The highest BCUT2D eigenvalue weighted by atomic mass is 16.5. The van der Waals surface area contributed by atoms with E-state index >= 15 is 0 Å². The lowest BCUT2D eigenvalue weighted by molar-refractivity contribution is -0.153. The van der Waals surface area contributed by atoms with E-state index in [2.05, 4.69) is 20.8 Å². The SMILES string of the molecule is CCCCCCCCC(OC(=O)CCCCCCCCC(=O)O)C(CC)CCCC. The molecule has 0 saturated carbocycles. The van der Waals surface area contributed by atoms with Crippen molar-refractivity contribution < 1.29 is 19.4 Å². The summed E-state index contributed by atoms with van der Waals surface area (Å²) in [4.78, 5) is 22.9. The topological polar surface area (TPSA) is 63.6 Å². The van der Waals surface area contributed by atoms with Crippen LogP contribution < -0.4 is 0 Å². The van der Waals surface area contributed by atoms with Gasteiger partial charge in [0.1, 0.15) is 6.10 Å². The maximum absolute atomic E-state index is 12.4. The summed E-state index contributed by atoms with van der Waals surface area (Å²) in [5.41, 5.74) is 0. The van der Waals surface area contributed by atoms with Crippen molar-refractivity contribution in [1.82, 2.24) is 0 Å². The van der Waals surface area contributed by atoms with E-state index in [1.54, 1.807) is 0 Å². The van der Waals surface area contributed by atoms with Crippen LogP contribution in [-0.2, 0) is 14.3 Å². The minimum atomic E-state index is -0.711. The summed E-state index contributed by atoms with van der Waals surface area (Å²) in [6.45, 7) is 6.70. The zero-order chi connectivity index (χ0) is 22.5. The van der Waals surface area contributed by atoms with Gasteiger partial charge >= 0.3 is 11.9 Å². The quantitative estimate of drug-likeness (QED) is 0.140. The van der Waals surface area contributed by atoms with Gasteiger partial charge in [-0.05, 0) is 44.4 Å². The maximum atomic E-state index is 12.4. The number of carbonyl (C=O) groups is 2. The monoisotopic (exact) mass is 426 g/mol. The Bertz CT molecular complexity index is 408. The number of rotatable bonds is 22. The third-order valence-corrected chi connectivity index (χ3v) is 6.13. The summed E-state index contributed by atoms with van der Waals surface area (Å²) in [5.74, 6) is -0.233. The van der Waals surface area contributed by atoms with Crippen LogP contribution in [0.1, 0.15) is 143 Å². The fourth-order valence-electron chi connectivity index (χ4n) is 4.12. The lowest BCUT2D eigenvalue weighted by Crippen LogP contribution is -2.27. The Morgan fingerprint density at radius 2 is 1.20 bits per heavy atom. The van der Waals surface area contributed by atoms with Crippen molar-refractivity contribution in [3.63, 3.8) is 0 Å². The van der Waals surface area contributed by atoms with E-state index in [9.17, 15) is 9.59 Å². The van der Waals surface area contributed by atoms with E-state index in [4.69, 9.17) is 9.84 Å². The van der Waals surface area contributed by atoms with E-state index in [1.165, 1.54) is 51.4 Å². The summed E-state index contributed by atoms with van der Waals surface area (Å²) in [6.07, 6.45) is 20.0. The van der Waals surface area contributed by atoms with Gasteiger partial charge in [-0.1, -0.05) is 91.4 Å². The molecule has 0 saturated heterocycles. The van der Waals surface area contributed by atoms with Gasteiger partial charge in [0, 0.05) is 12.8 Å². The second-order valence-electron chi connectivity index (χ2n) is 8.91. The van der Waals surface area contributed by atoms with Crippen molar-refractivity contribution in [3.8, 4) is 0 Å². The number of carbonyl (C=O) groups excluding carboxylic acids is 1. The smallest absolute Gasteiger partial charge is 0.306 e. The first-order valence-corrected chi connectivity index (χ1v) is 13.0. The molecule has 0 spiro atoms. The van der Waals surface area contributed by atoms with Gasteiger partial charge in [0.05, 0.1) is 0 Å². The number of unbranched alkanes of at least 4 members (excludes halogenated alkanes) is 11. The molecule has 0 aromatic rings. The molecule has 0 aromatic carbocycles. The van der Waals surface area contributed by atoms with Gasteiger partial charge in [-0.15, -0.1) is 0 Å². The molecule has 0 aromatic heterocycles. The highest BCUT2D eigenvalue weighted by molar-refractivity contribution is 5.69. The van der Waals surface area contributed by atoms with Crippen LogP contribution in [0.15, 0.2) is 0 Å². The number of aliphatic carboxylic acids is 1. The zero-order valence-corrected chi connectivity index (χ0v) is 20.3. The summed E-state index contributed by atoms with van der Waals surface area (Å²) in [5, 5.41) is 8.64. The van der Waals surface area contributed by atoms with E-state index in [-0.39, 0.29) is 18.5 Å². The molecule has 178 valence electrons. The number of ether oxygens (including phenoxy) is 1. The van der Waals surface area contributed by atoms with Crippen LogP contribution in [0.5, 0.6) is 0 Å². The van der Waals surface area contributed by atoms with E-state index in [1.807, 2.05) is 0 Å². The van der Waals surface area contributed by atoms with Crippen LogP contribution in [0.4, 0.5) is 0 Å². The minimum Gasteiger partial charge on any atom is -0.481 e. The molecule has 0 bridgehead atoms. The van der Waals surface area contributed by atoms with Crippen LogP contribution in [0.3, 0.4) is 0 Å². The van der Waals surface area contributed by atoms with Crippen LogP contribution in [0.25, 0.3) is 0 Å². The molecule has 0 aliphatic rings. The Balaban J connectivity index is 4.18. The summed E-state index contributed by atoms with van der Waals surface area (Å²) in [7, 11) is 0. The number of esters is 1. The lowest BCUT2D eigenvalue weighted by Gasteiger charge is -2.26. The highest BCUT2D eigenvalue weighted by Crippen LogP contribution is 2.25.